The van der Waals surface area contributed by atoms with Gasteiger partial charge in [-0.3, -0.25) is 0 Å². The van der Waals surface area contributed by atoms with E-state index in [4.69, 9.17) is 4.74 Å². The van der Waals surface area contributed by atoms with E-state index in [2.05, 4.69) is 45.4 Å². The van der Waals surface area contributed by atoms with Gasteiger partial charge in [-0.1, -0.05) is 65.5 Å². The smallest absolute Gasteiger partial charge is 0.381 e. The van der Waals surface area contributed by atoms with Gasteiger partial charge in [0.05, 0.1) is 11.1 Å². The first-order valence-corrected chi connectivity index (χ1v) is 18.7. The minimum atomic E-state index is -6.49. The van der Waals surface area contributed by atoms with Crippen molar-refractivity contribution in [2.45, 2.75) is 136 Å². The van der Waals surface area contributed by atoms with E-state index in [0.29, 0.717) is 30.1 Å². The molecular weight excluding hydrogens is 696 g/mol. The number of alkyl halides is 8. The Morgan fingerprint density at radius 1 is 0.846 bits per heavy atom. The minimum absolute atomic E-state index is 0.0387. The van der Waals surface area contributed by atoms with Crippen molar-refractivity contribution in [3.05, 3.63) is 47.0 Å². The fourth-order valence-corrected chi connectivity index (χ4v) is 10.4. The Kier molecular flexibility index (Phi) is 11.6. The molecule has 1 aromatic carbocycles. The fraction of sp³-hybridized carbons (Fsp3) is 0.750. The number of fused-ring (bicyclic) bond motifs is 5. The highest BCUT2D eigenvalue weighted by atomic mass is 19.4. The molecule has 8 atom stereocenters. The molecule has 4 aliphatic carbocycles. The quantitative estimate of drug-likeness (QED) is 0.115. The second-order valence-electron chi connectivity index (χ2n) is 16.9. The van der Waals surface area contributed by atoms with Gasteiger partial charge in [0.15, 0.2) is 6.61 Å². The summed E-state index contributed by atoms with van der Waals surface area (Å²) in [4.78, 5) is 25.2. The molecule has 0 heterocycles. The predicted molar refractivity (Wildman–Crippen MR) is 180 cm³/mol. The predicted octanol–water partition coefficient (Wildman–Crippen LogP) is 11.6. The molecule has 52 heavy (non-hydrogen) atoms. The number of carbonyl (C=O) groups excluding carboxylic acids is 2. The van der Waals surface area contributed by atoms with Crippen molar-refractivity contribution < 1.29 is 54.2 Å². The van der Waals surface area contributed by atoms with Crippen molar-refractivity contribution in [1.29, 1.82) is 0 Å². The van der Waals surface area contributed by atoms with Gasteiger partial charge in [0, 0.05) is 6.42 Å². The minimum Gasteiger partial charge on any atom is -0.458 e. The second kappa shape index (κ2) is 14.9. The van der Waals surface area contributed by atoms with Crippen LogP contribution in [-0.4, -0.2) is 48.8 Å². The maximum Gasteiger partial charge on any atom is 0.381 e. The van der Waals surface area contributed by atoms with Crippen LogP contribution in [0, 0.1) is 46.3 Å². The summed E-state index contributed by atoms with van der Waals surface area (Å²) in [6.45, 7) is 9.46. The lowest BCUT2D eigenvalue weighted by Crippen LogP contribution is -2.59. The van der Waals surface area contributed by atoms with Crippen molar-refractivity contribution >= 4 is 11.9 Å². The van der Waals surface area contributed by atoms with Gasteiger partial charge in [0.25, 0.3) is 0 Å². The number of rotatable bonds is 13. The number of carbonyl (C=O) groups is 2. The summed E-state index contributed by atoms with van der Waals surface area (Å²) < 4.78 is 115. The highest BCUT2D eigenvalue weighted by Crippen LogP contribution is 2.67. The van der Waals surface area contributed by atoms with Crippen LogP contribution in [-0.2, 0) is 9.47 Å². The number of hydrogen-bond acceptors (Lipinski definition) is 4. The zero-order valence-corrected chi connectivity index (χ0v) is 30.6. The van der Waals surface area contributed by atoms with Crippen LogP contribution in [0.3, 0.4) is 0 Å². The van der Waals surface area contributed by atoms with E-state index in [9.17, 15) is 44.7 Å². The van der Waals surface area contributed by atoms with Crippen LogP contribution in [0.15, 0.2) is 35.9 Å². The normalized spacial score (nSPS) is 31.4. The first-order valence-electron chi connectivity index (χ1n) is 18.7. The topological polar surface area (TPSA) is 52.6 Å². The summed E-state index contributed by atoms with van der Waals surface area (Å²) in [5.74, 6) is -16.7. The Balaban J connectivity index is 1.16. The van der Waals surface area contributed by atoms with Gasteiger partial charge in [-0.15, -0.1) is 0 Å². The SMILES string of the molecule is CC(C)CCC[C@@H](C)[C@H]1CC[C@H]2[C@@H]3CC=C4C[C@@H](OC(=O)c5ccc(C(=O)OCC(F)(F)C(F)(F)C(F)(F)C(F)F)cc5)CC[C@]4(C)[C@H]3CC[C@]12C. The van der Waals surface area contributed by atoms with Crippen LogP contribution in [0.2, 0.25) is 0 Å². The van der Waals surface area contributed by atoms with Crippen LogP contribution >= 0.6 is 0 Å². The first-order chi connectivity index (χ1) is 24.2. The molecule has 0 saturated heterocycles. The molecule has 1 aromatic rings. The van der Waals surface area contributed by atoms with Crippen molar-refractivity contribution in [2.75, 3.05) is 6.61 Å². The summed E-state index contributed by atoms with van der Waals surface area (Å²) in [5, 5.41) is 0. The number of benzene rings is 1. The Morgan fingerprint density at radius 2 is 1.48 bits per heavy atom. The van der Waals surface area contributed by atoms with E-state index in [1.54, 1.807) is 0 Å². The van der Waals surface area contributed by atoms with Crippen LogP contribution < -0.4 is 0 Å². The van der Waals surface area contributed by atoms with E-state index < -0.39 is 48.3 Å². The van der Waals surface area contributed by atoms with Crippen LogP contribution in [0.1, 0.15) is 126 Å². The molecule has 4 nitrogen and oxygen atoms in total. The first kappa shape index (κ1) is 40.5. The summed E-state index contributed by atoms with van der Waals surface area (Å²) >= 11 is 0. The molecule has 0 aromatic heterocycles. The van der Waals surface area contributed by atoms with E-state index in [1.807, 2.05) is 0 Å². The zero-order chi connectivity index (χ0) is 38.4. The molecule has 0 amide bonds. The third kappa shape index (κ3) is 7.38. The van der Waals surface area contributed by atoms with Gasteiger partial charge in [0.1, 0.15) is 6.10 Å². The molecule has 0 aliphatic heterocycles. The van der Waals surface area contributed by atoms with Crippen LogP contribution in [0.5, 0.6) is 0 Å². The molecule has 0 bridgehead atoms. The molecule has 0 N–H and O–H groups in total. The Bertz CT molecular complexity index is 1480. The van der Waals surface area contributed by atoms with Crippen LogP contribution in [0.4, 0.5) is 35.1 Å². The standard InChI is InChI=1S/C40H52F8O4/c1-23(2)7-6-8-24(3)30-15-16-31-29-14-13-27-21-28(17-19-36(27,4)32(29)18-20-37(30,31)5)52-34(50)26-11-9-25(10-12-26)33(49)51-22-38(43,44)40(47,48)39(45,46)35(41)42/h9-13,23-24,28-32,35H,6-8,14-22H2,1-5H3/t24-,28+,29+,30-,31+,32+,36+,37-/m1/s1. The van der Waals surface area contributed by atoms with Gasteiger partial charge in [-0.2, -0.15) is 26.3 Å². The van der Waals surface area contributed by atoms with E-state index in [1.165, 1.54) is 50.5 Å². The second-order valence-corrected chi connectivity index (χ2v) is 16.9. The third-order valence-corrected chi connectivity index (χ3v) is 13.4. The lowest BCUT2D eigenvalue weighted by atomic mass is 9.47. The van der Waals surface area contributed by atoms with Crippen molar-refractivity contribution in [3.63, 3.8) is 0 Å². The molecule has 3 saturated carbocycles. The zero-order valence-electron chi connectivity index (χ0n) is 30.6. The lowest BCUT2D eigenvalue weighted by molar-refractivity contribution is -0.343. The summed E-state index contributed by atoms with van der Waals surface area (Å²) in [6.07, 6.45) is 9.20. The molecule has 3 fully saturated rings. The van der Waals surface area contributed by atoms with Crippen molar-refractivity contribution in [1.82, 2.24) is 0 Å². The summed E-state index contributed by atoms with van der Waals surface area (Å²) in [5.41, 5.74) is 1.35. The average molecular weight is 749 g/mol. The number of halogens is 8. The molecule has 292 valence electrons. The molecule has 4 aliphatic rings. The maximum absolute atomic E-state index is 13.8. The maximum atomic E-state index is 13.8. The molecule has 0 spiro atoms. The van der Waals surface area contributed by atoms with Gasteiger partial charge in [-0.25, -0.2) is 18.4 Å². The van der Waals surface area contributed by atoms with Gasteiger partial charge in [0.2, 0.25) is 0 Å². The molecule has 12 heteroatoms. The highest BCUT2D eigenvalue weighted by Gasteiger charge is 2.75. The van der Waals surface area contributed by atoms with Gasteiger partial charge < -0.3 is 9.47 Å². The largest absolute Gasteiger partial charge is 0.458 e. The Hall–Kier alpha value is -2.66. The molecular formula is C40H52F8O4. The molecule has 0 radical (unpaired) electrons. The van der Waals surface area contributed by atoms with E-state index in [0.717, 1.165) is 60.8 Å². The van der Waals surface area contributed by atoms with Crippen molar-refractivity contribution in [2.24, 2.45) is 46.3 Å². The van der Waals surface area contributed by atoms with E-state index in [-0.39, 0.29) is 17.1 Å². The number of hydrogen-bond donors (Lipinski definition) is 0. The summed E-state index contributed by atoms with van der Waals surface area (Å²) in [7, 11) is 0. The molecule has 0 unspecified atom stereocenters. The van der Waals surface area contributed by atoms with E-state index >= 15 is 0 Å². The third-order valence-electron chi connectivity index (χ3n) is 13.4. The summed E-state index contributed by atoms with van der Waals surface area (Å²) in [6, 6.07) is 4.32. The molecule has 5 rings (SSSR count). The number of ether oxygens (including phenoxy) is 2. The van der Waals surface area contributed by atoms with Crippen LogP contribution in [0.25, 0.3) is 0 Å². The van der Waals surface area contributed by atoms with Crippen molar-refractivity contribution in [3.8, 4) is 0 Å². The monoisotopic (exact) mass is 748 g/mol. The Morgan fingerprint density at radius 3 is 2.10 bits per heavy atom. The number of allylic oxidation sites excluding steroid dienone is 1. The fourth-order valence-electron chi connectivity index (χ4n) is 10.4. The Labute approximate surface area is 301 Å². The lowest BCUT2D eigenvalue weighted by Gasteiger charge is -2.58. The van der Waals surface area contributed by atoms with Gasteiger partial charge >= 0.3 is 36.1 Å². The van der Waals surface area contributed by atoms with Gasteiger partial charge in [-0.05, 0) is 116 Å². The highest BCUT2D eigenvalue weighted by molar-refractivity contribution is 5.93. The number of esters is 2. The average Bonchev–Trinajstić information content (AvgIpc) is 3.44.